The van der Waals surface area contributed by atoms with Crippen molar-refractivity contribution in [1.29, 1.82) is 0 Å². The molecule has 0 spiro atoms. The number of nitrogens with zero attached hydrogens (tertiary/aromatic N) is 1. The van der Waals surface area contributed by atoms with Gasteiger partial charge in [0, 0.05) is 16.0 Å². The van der Waals surface area contributed by atoms with E-state index in [1.165, 1.54) is 4.90 Å². The van der Waals surface area contributed by atoms with Crippen LogP contribution in [0.5, 0.6) is 0 Å². The molecule has 0 saturated carbocycles. The van der Waals surface area contributed by atoms with Gasteiger partial charge in [0.1, 0.15) is 0 Å². The highest BCUT2D eigenvalue weighted by molar-refractivity contribution is 7.98. The van der Waals surface area contributed by atoms with E-state index >= 15 is 0 Å². The Labute approximate surface area is 105 Å². The maximum Gasteiger partial charge on any atom is 0.172 e. The normalized spacial score (nSPS) is 10.7. The predicted molar refractivity (Wildman–Crippen MR) is 72.1 cm³/mol. The molecule has 1 heterocycles. The first-order valence-corrected chi connectivity index (χ1v) is 6.87. The van der Waals surface area contributed by atoms with Crippen molar-refractivity contribution in [3.05, 3.63) is 29.8 Å². The molecule has 3 nitrogen and oxygen atoms in total. The van der Waals surface area contributed by atoms with Crippen LogP contribution in [0.3, 0.4) is 0 Å². The van der Waals surface area contributed by atoms with Gasteiger partial charge in [0.15, 0.2) is 11.6 Å². The summed E-state index contributed by atoms with van der Waals surface area (Å²) in [5, 5.41) is 3.85. The number of thioether (sulfide) groups is 1. The highest BCUT2D eigenvalue weighted by atomic mass is 32.2. The van der Waals surface area contributed by atoms with E-state index in [1.54, 1.807) is 11.8 Å². The Morgan fingerprint density at radius 2 is 2.00 bits per heavy atom. The van der Waals surface area contributed by atoms with Crippen LogP contribution in [0.1, 0.15) is 18.9 Å². The number of aromatic nitrogens is 1. The van der Waals surface area contributed by atoms with Gasteiger partial charge >= 0.3 is 0 Å². The molecule has 4 heteroatoms. The molecule has 0 saturated heterocycles. The van der Waals surface area contributed by atoms with Gasteiger partial charge in [-0.05, 0) is 24.8 Å². The van der Waals surface area contributed by atoms with E-state index in [9.17, 15) is 0 Å². The van der Waals surface area contributed by atoms with E-state index in [0.717, 1.165) is 29.7 Å². The van der Waals surface area contributed by atoms with E-state index in [0.29, 0.717) is 5.82 Å². The Morgan fingerprint density at radius 1 is 1.29 bits per heavy atom. The second kappa shape index (κ2) is 5.27. The lowest BCUT2D eigenvalue weighted by molar-refractivity contribution is 0.435. The molecule has 0 aliphatic heterocycles. The average molecular weight is 248 g/mol. The standard InChI is InChI=1S/C13H16N2OS/c1-3-4-11-12(16-15-13(11)14)9-5-7-10(17-2)8-6-9/h5-8H,3-4H2,1-2H3,(H2,14,15). The maximum absolute atomic E-state index is 5.81. The molecular formula is C13H16N2OS. The molecule has 1 aromatic heterocycles. The minimum atomic E-state index is 0.510. The van der Waals surface area contributed by atoms with Crippen molar-refractivity contribution in [3.8, 4) is 11.3 Å². The van der Waals surface area contributed by atoms with Gasteiger partial charge in [0.25, 0.3) is 0 Å². The van der Waals surface area contributed by atoms with E-state index < -0.39 is 0 Å². The molecule has 0 bridgehead atoms. The number of hydrogen-bond donors (Lipinski definition) is 1. The van der Waals surface area contributed by atoms with E-state index in [2.05, 4.69) is 30.5 Å². The summed E-state index contributed by atoms with van der Waals surface area (Å²) < 4.78 is 5.33. The third-order valence-electron chi connectivity index (χ3n) is 2.67. The largest absolute Gasteiger partial charge is 0.381 e. The molecule has 1 aromatic carbocycles. The van der Waals surface area contributed by atoms with Crippen LogP contribution in [0.15, 0.2) is 33.7 Å². The smallest absolute Gasteiger partial charge is 0.172 e. The average Bonchev–Trinajstić information content (AvgIpc) is 2.72. The Morgan fingerprint density at radius 3 is 2.59 bits per heavy atom. The molecular weight excluding hydrogens is 232 g/mol. The lowest BCUT2D eigenvalue weighted by atomic mass is 10.1. The number of benzene rings is 1. The molecule has 2 aromatic rings. The first kappa shape index (κ1) is 12.0. The summed E-state index contributed by atoms with van der Waals surface area (Å²) in [6.45, 7) is 2.12. The summed E-state index contributed by atoms with van der Waals surface area (Å²) in [6, 6.07) is 8.25. The minimum absolute atomic E-state index is 0.510. The zero-order valence-electron chi connectivity index (χ0n) is 10.1. The molecule has 0 amide bonds. The third-order valence-corrected chi connectivity index (χ3v) is 3.41. The topological polar surface area (TPSA) is 52.0 Å². The van der Waals surface area contributed by atoms with Gasteiger partial charge in [0.05, 0.1) is 0 Å². The fraction of sp³-hybridized carbons (Fsp3) is 0.308. The predicted octanol–water partition coefficient (Wildman–Crippen LogP) is 3.60. The molecule has 17 heavy (non-hydrogen) atoms. The van der Waals surface area contributed by atoms with Crippen molar-refractivity contribution in [1.82, 2.24) is 5.16 Å². The second-order valence-electron chi connectivity index (χ2n) is 3.85. The number of anilines is 1. The Kier molecular flexibility index (Phi) is 3.74. The number of nitrogen functional groups attached to an aromatic ring is 1. The van der Waals surface area contributed by atoms with Crippen LogP contribution in [0.25, 0.3) is 11.3 Å². The fourth-order valence-corrected chi connectivity index (χ4v) is 2.19. The lowest BCUT2D eigenvalue weighted by Crippen LogP contribution is -1.92. The highest BCUT2D eigenvalue weighted by Gasteiger charge is 2.14. The van der Waals surface area contributed by atoms with Gasteiger partial charge in [0.2, 0.25) is 0 Å². The van der Waals surface area contributed by atoms with Crippen LogP contribution < -0.4 is 5.73 Å². The number of rotatable bonds is 4. The Bertz CT molecular complexity index is 491. The first-order chi connectivity index (χ1) is 8.26. The van der Waals surface area contributed by atoms with Gasteiger partial charge in [-0.3, -0.25) is 0 Å². The van der Waals surface area contributed by atoms with Gasteiger partial charge in [-0.25, -0.2) is 0 Å². The van der Waals surface area contributed by atoms with Crippen LogP contribution >= 0.6 is 11.8 Å². The minimum Gasteiger partial charge on any atom is -0.381 e. The summed E-state index contributed by atoms with van der Waals surface area (Å²) in [5.74, 6) is 1.31. The number of hydrogen-bond acceptors (Lipinski definition) is 4. The van der Waals surface area contributed by atoms with Crippen LogP contribution in [-0.4, -0.2) is 11.4 Å². The van der Waals surface area contributed by atoms with E-state index in [-0.39, 0.29) is 0 Å². The SMILES string of the molecule is CCCc1c(N)noc1-c1ccc(SC)cc1. The lowest BCUT2D eigenvalue weighted by Gasteiger charge is -2.01. The zero-order valence-corrected chi connectivity index (χ0v) is 10.9. The van der Waals surface area contributed by atoms with Crippen molar-refractivity contribution in [2.24, 2.45) is 0 Å². The molecule has 0 atom stereocenters. The number of nitrogens with two attached hydrogens (primary N) is 1. The molecule has 0 aliphatic rings. The molecule has 90 valence electrons. The summed E-state index contributed by atoms with van der Waals surface area (Å²) in [7, 11) is 0. The van der Waals surface area contributed by atoms with Crippen molar-refractivity contribution in [2.45, 2.75) is 24.7 Å². The molecule has 0 aliphatic carbocycles. The quantitative estimate of drug-likeness (QED) is 0.840. The third kappa shape index (κ3) is 2.47. The Balaban J connectivity index is 2.38. The molecule has 0 radical (unpaired) electrons. The summed E-state index contributed by atoms with van der Waals surface area (Å²) in [4.78, 5) is 1.23. The van der Waals surface area contributed by atoms with Crippen LogP contribution in [0.4, 0.5) is 5.82 Å². The molecule has 2 N–H and O–H groups in total. The van der Waals surface area contributed by atoms with Gasteiger partial charge in [-0.2, -0.15) is 0 Å². The zero-order chi connectivity index (χ0) is 12.3. The van der Waals surface area contributed by atoms with Gasteiger partial charge in [-0.15, -0.1) is 11.8 Å². The fourth-order valence-electron chi connectivity index (χ4n) is 1.78. The van der Waals surface area contributed by atoms with Crippen LogP contribution in [-0.2, 0) is 6.42 Å². The second-order valence-corrected chi connectivity index (χ2v) is 4.73. The summed E-state index contributed by atoms with van der Waals surface area (Å²) in [5.41, 5.74) is 7.87. The first-order valence-electron chi connectivity index (χ1n) is 5.64. The van der Waals surface area contributed by atoms with Crippen molar-refractivity contribution < 1.29 is 4.52 Å². The maximum atomic E-state index is 5.81. The summed E-state index contributed by atoms with van der Waals surface area (Å²) in [6.07, 6.45) is 3.99. The molecule has 0 unspecified atom stereocenters. The van der Waals surface area contributed by atoms with Gasteiger partial charge in [-0.1, -0.05) is 30.6 Å². The van der Waals surface area contributed by atoms with Gasteiger partial charge < -0.3 is 10.3 Å². The van der Waals surface area contributed by atoms with E-state index in [1.807, 2.05) is 12.1 Å². The van der Waals surface area contributed by atoms with Crippen molar-refractivity contribution >= 4 is 17.6 Å². The van der Waals surface area contributed by atoms with E-state index in [4.69, 9.17) is 10.3 Å². The Hall–Kier alpha value is -1.42. The monoisotopic (exact) mass is 248 g/mol. The van der Waals surface area contributed by atoms with Crippen molar-refractivity contribution in [2.75, 3.05) is 12.0 Å². The van der Waals surface area contributed by atoms with Crippen LogP contribution in [0.2, 0.25) is 0 Å². The highest BCUT2D eigenvalue weighted by Crippen LogP contribution is 2.30. The van der Waals surface area contributed by atoms with Crippen LogP contribution in [0, 0.1) is 0 Å². The molecule has 2 rings (SSSR count). The molecule has 0 fully saturated rings. The van der Waals surface area contributed by atoms with Crippen molar-refractivity contribution in [3.63, 3.8) is 0 Å². The summed E-state index contributed by atoms with van der Waals surface area (Å²) >= 11 is 1.72.